The van der Waals surface area contributed by atoms with Crippen LogP contribution in [0, 0.1) is 25.7 Å². The Morgan fingerprint density at radius 1 is 0.838 bits per heavy atom. The van der Waals surface area contributed by atoms with Crippen molar-refractivity contribution >= 4 is 87.1 Å². The molecule has 0 saturated heterocycles. The van der Waals surface area contributed by atoms with Crippen molar-refractivity contribution in [2.24, 2.45) is 0 Å². The van der Waals surface area contributed by atoms with Gasteiger partial charge in [0, 0.05) is 42.5 Å². The van der Waals surface area contributed by atoms with Crippen molar-refractivity contribution in [3.63, 3.8) is 0 Å². The van der Waals surface area contributed by atoms with Crippen molar-refractivity contribution in [3.8, 4) is 17.0 Å². The van der Waals surface area contributed by atoms with Gasteiger partial charge < -0.3 is 9.68 Å². The van der Waals surface area contributed by atoms with E-state index in [2.05, 4.69) is 102 Å². The SMILES string of the molecule is C.Cc1nccc(-c2ccnc(F)c2)n1.Cc1nccc(Cl)n1.IC(I)I.O[B]Oc1ccnc(F)c1. The Bertz CT molecular complexity index is 1140. The highest BCUT2D eigenvalue weighted by Crippen LogP contribution is 2.16. The van der Waals surface area contributed by atoms with Gasteiger partial charge >= 0.3 is 7.69 Å². The number of hydrogen-bond donors (Lipinski definition) is 1. The largest absolute Gasteiger partial charge is 0.569 e. The summed E-state index contributed by atoms with van der Waals surface area (Å²) in [4.78, 5) is 22.6. The predicted molar refractivity (Wildman–Crippen MR) is 167 cm³/mol. The van der Waals surface area contributed by atoms with E-state index in [1.807, 2.05) is 0 Å². The van der Waals surface area contributed by atoms with Crippen molar-refractivity contribution in [1.82, 2.24) is 29.9 Å². The smallest absolute Gasteiger partial charge is 0.537 e. The van der Waals surface area contributed by atoms with E-state index >= 15 is 0 Å². The zero-order valence-electron chi connectivity index (χ0n) is 18.7. The Morgan fingerprint density at radius 3 is 1.81 bits per heavy atom. The van der Waals surface area contributed by atoms with Gasteiger partial charge in [-0.2, -0.15) is 8.78 Å². The van der Waals surface area contributed by atoms with Crippen LogP contribution in [-0.4, -0.2) is 42.6 Å². The van der Waals surface area contributed by atoms with Crippen LogP contribution >= 0.6 is 79.4 Å². The topological polar surface area (TPSA) is 107 Å². The lowest BCUT2D eigenvalue weighted by Gasteiger charge is -2.00. The highest BCUT2D eigenvalue weighted by atomic mass is 127. The summed E-state index contributed by atoms with van der Waals surface area (Å²) in [5.41, 5.74) is 1.42. The molecule has 4 aromatic heterocycles. The average molecular weight is 867 g/mol. The van der Waals surface area contributed by atoms with Crippen molar-refractivity contribution in [1.29, 1.82) is 0 Å². The number of halogens is 6. The zero-order valence-corrected chi connectivity index (χ0v) is 26.0. The van der Waals surface area contributed by atoms with Gasteiger partial charge in [0.05, 0.1) is 5.69 Å². The summed E-state index contributed by atoms with van der Waals surface area (Å²) in [5, 5.41) is 8.62. The van der Waals surface area contributed by atoms with E-state index in [1.54, 1.807) is 44.4 Å². The molecule has 37 heavy (non-hydrogen) atoms. The van der Waals surface area contributed by atoms with Crippen molar-refractivity contribution in [2.75, 3.05) is 0 Å². The number of nitrogens with zero attached hydrogens (tertiary/aromatic N) is 6. The van der Waals surface area contributed by atoms with Crippen molar-refractivity contribution < 1.29 is 18.5 Å². The molecule has 0 aromatic carbocycles. The van der Waals surface area contributed by atoms with Crippen LogP contribution in [0.25, 0.3) is 11.3 Å². The summed E-state index contributed by atoms with van der Waals surface area (Å²) in [5.74, 6) is 0.449. The minimum Gasteiger partial charge on any atom is -0.537 e. The third-order valence-electron chi connectivity index (χ3n) is 3.43. The highest BCUT2D eigenvalue weighted by Gasteiger charge is 2.01. The van der Waals surface area contributed by atoms with Crippen LogP contribution in [0.15, 0.2) is 61.2 Å². The Labute approximate surface area is 261 Å². The predicted octanol–water partition coefficient (Wildman–Crippen LogP) is 6.76. The third-order valence-corrected chi connectivity index (χ3v) is 3.64. The molecule has 4 aromatic rings. The lowest BCUT2D eigenvalue weighted by Crippen LogP contribution is -2.00. The molecule has 1 N–H and O–H groups in total. The summed E-state index contributed by atoms with van der Waals surface area (Å²) in [6.45, 7) is 3.59. The molecule has 197 valence electrons. The van der Waals surface area contributed by atoms with Crippen molar-refractivity contribution in [3.05, 3.63) is 89.9 Å². The lowest BCUT2D eigenvalue weighted by atomic mass is 10.2. The molecule has 0 aliphatic rings. The lowest BCUT2D eigenvalue weighted by molar-refractivity contribution is 0.449. The second-order valence-electron chi connectivity index (χ2n) is 6.07. The molecule has 0 amide bonds. The molecular formula is C22H22BClF2I3N6O2. The number of aryl methyl sites for hydroxylation is 2. The summed E-state index contributed by atoms with van der Waals surface area (Å²) >= 11 is 12.4. The number of aromatic nitrogens is 6. The summed E-state index contributed by atoms with van der Waals surface area (Å²) in [6.07, 6.45) is 5.94. The van der Waals surface area contributed by atoms with Gasteiger partial charge in [0.15, 0.2) is 0 Å². The van der Waals surface area contributed by atoms with E-state index in [0.717, 1.165) is 6.00 Å². The fourth-order valence-corrected chi connectivity index (χ4v) is 2.30. The number of alkyl halides is 3. The Morgan fingerprint density at radius 2 is 1.35 bits per heavy atom. The monoisotopic (exact) mass is 867 g/mol. The number of pyridine rings is 2. The molecule has 0 bridgehead atoms. The first-order valence-electron chi connectivity index (χ1n) is 9.63. The maximum atomic E-state index is 12.8. The number of hydrogen-bond acceptors (Lipinski definition) is 8. The fourth-order valence-electron chi connectivity index (χ4n) is 2.12. The third kappa shape index (κ3) is 17.7. The van der Waals surface area contributed by atoms with E-state index in [-0.39, 0.29) is 13.2 Å². The van der Waals surface area contributed by atoms with Gasteiger partial charge in [-0.1, -0.05) is 86.8 Å². The standard InChI is InChI=1S/C10H8FN3.C5H4BFNO2.C5H5ClN2.CHI3.CH4/c1-7-12-5-3-9(14-7)8-2-4-13-10(11)6-8;7-5-3-4(10-6-9)1-2-8-5;1-4-7-3-2-5(6)8-4;2-1(3)4;/h2-6H,1H3;1-3,9H;2-3H,1H3;1H;1H4. The van der Waals surface area contributed by atoms with Crippen LogP contribution in [0.4, 0.5) is 8.78 Å². The van der Waals surface area contributed by atoms with Gasteiger partial charge in [0.1, 0.15) is 22.5 Å². The molecule has 0 aliphatic carbocycles. The summed E-state index contributed by atoms with van der Waals surface area (Å²) < 4.78 is 30.2. The molecule has 15 heteroatoms. The van der Waals surface area contributed by atoms with Crippen LogP contribution < -0.4 is 4.65 Å². The van der Waals surface area contributed by atoms with Crippen LogP contribution in [0.3, 0.4) is 0 Å². The Balaban J connectivity index is 0.000000500. The normalized spacial score (nSPS) is 9.24. The quantitative estimate of drug-likeness (QED) is 0.0793. The second-order valence-corrected chi connectivity index (χ2v) is 17.3. The van der Waals surface area contributed by atoms with Crippen LogP contribution in [0.5, 0.6) is 5.75 Å². The van der Waals surface area contributed by atoms with Crippen LogP contribution in [0.1, 0.15) is 19.1 Å². The average Bonchev–Trinajstić information content (AvgIpc) is 2.80. The highest BCUT2D eigenvalue weighted by molar-refractivity contribution is 14.3. The molecule has 1 radical (unpaired) electrons. The maximum absolute atomic E-state index is 12.8. The van der Waals surface area contributed by atoms with Crippen LogP contribution in [0.2, 0.25) is 5.15 Å². The van der Waals surface area contributed by atoms with E-state index in [0.29, 0.717) is 35.7 Å². The second kappa shape index (κ2) is 20.6. The molecule has 8 nitrogen and oxygen atoms in total. The van der Waals surface area contributed by atoms with E-state index in [9.17, 15) is 8.78 Å². The van der Waals surface area contributed by atoms with Gasteiger partial charge in [-0.25, -0.2) is 29.9 Å². The molecule has 0 atom stereocenters. The first-order valence-corrected chi connectivity index (χ1v) is 13.7. The zero-order chi connectivity index (χ0) is 26.9. The molecule has 4 heterocycles. The van der Waals surface area contributed by atoms with Crippen molar-refractivity contribution in [2.45, 2.75) is 21.2 Å². The van der Waals surface area contributed by atoms with E-state index < -0.39 is 11.9 Å². The van der Waals surface area contributed by atoms with Gasteiger partial charge in [-0.15, -0.1) is 0 Å². The fraction of sp³-hybridized carbons (Fsp3) is 0.182. The maximum Gasteiger partial charge on any atom is 0.569 e. The Kier molecular flexibility index (Phi) is 19.8. The first kappa shape index (κ1) is 35.6. The summed E-state index contributed by atoms with van der Waals surface area (Å²) in [6, 6.07) is 8.94. The van der Waals surface area contributed by atoms with Gasteiger partial charge in [0.25, 0.3) is 0 Å². The van der Waals surface area contributed by atoms with Gasteiger partial charge in [0.2, 0.25) is 11.9 Å². The Hall–Kier alpha value is -1.38. The van der Waals surface area contributed by atoms with Gasteiger partial charge in [-0.05, 0) is 38.1 Å². The van der Waals surface area contributed by atoms with Crippen LogP contribution in [-0.2, 0) is 0 Å². The molecule has 0 spiro atoms. The minimum atomic E-state index is -0.639. The summed E-state index contributed by atoms with van der Waals surface area (Å²) in [7, 11) is 0.481. The molecule has 0 aliphatic heterocycles. The molecule has 4 rings (SSSR count). The minimum absolute atomic E-state index is 0. The molecule has 0 fully saturated rings. The molecule has 0 unspecified atom stereocenters. The first-order chi connectivity index (χ1) is 17.1. The van der Waals surface area contributed by atoms with Gasteiger partial charge in [-0.3, -0.25) is 0 Å². The van der Waals surface area contributed by atoms with E-state index in [4.69, 9.17) is 16.6 Å². The molecule has 0 saturated carbocycles. The molecular weight excluding hydrogens is 845 g/mol. The van der Waals surface area contributed by atoms with E-state index in [1.165, 1.54) is 24.5 Å². The number of rotatable bonds is 3.